The second-order valence-corrected chi connectivity index (χ2v) is 7.05. The predicted molar refractivity (Wildman–Crippen MR) is 88.2 cm³/mol. The molecule has 2 N–H and O–H groups in total. The van der Waals surface area contributed by atoms with Crippen molar-refractivity contribution in [3.05, 3.63) is 30.1 Å². The summed E-state index contributed by atoms with van der Waals surface area (Å²) in [4.78, 5) is 19.3. The van der Waals surface area contributed by atoms with Crippen LogP contribution in [0, 0.1) is 17.2 Å². The second kappa shape index (κ2) is 6.31. The van der Waals surface area contributed by atoms with E-state index in [0.29, 0.717) is 11.6 Å². The molecule has 0 saturated heterocycles. The highest BCUT2D eigenvalue weighted by molar-refractivity contribution is 5.92. The van der Waals surface area contributed by atoms with E-state index in [4.69, 9.17) is 0 Å². The molecule has 2 aliphatic carbocycles. The summed E-state index contributed by atoms with van der Waals surface area (Å²) in [5.74, 6) is 0.145. The zero-order valence-electron chi connectivity index (χ0n) is 14.0. The SMILES string of the molecule is N#CC1(n2cc([C@H](NC(=O)c3cnc[nH]3)C3CCCCC3)nn2)CC1. The van der Waals surface area contributed by atoms with Crippen molar-refractivity contribution in [2.75, 3.05) is 0 Å². The van der Waals surface area contributed by atoms with E-state index in [2.05, 4.69) is 31.7 Å². The molecule has 2 saturated carbocycles. The first kappa shape index (κ1) is 15.8. The highest BCUT2D eigenvalue weighted by atomic mass is 16.2. The van der Waals surface area contributed by atoms with Gasteiger partial charge in [0.2, 0.25) is 0 Å². The van der Waals surface area contributed by atoms with E-state index < -0.39 is 5.54 Å². The smallest absolute Gasteiger partial charge is 0.269 e. The molecule has 1 atom stereocenters. The quantitative estimate of drug-likeness (QED) is 0.866. The Hall–Kier alpha value is -2.69. The van der Waals surface area contributed by atoms with Gasteiger partial charge in [-0.3, -0.25) is 4.79 Å². The third kappa shape index (κ3) is 3.02. The summed E-state index contributed by atoms with van der Waals surface area (Å²) < 4.78 is 1.67. The average Bonchev–Trinajstić information content (AvgIpc) is 3.05. The maximum Gasteiger partial charge on any atom is 0.269 e. The molecule has 2 aliphatic rings. The molecule has 4 rings (SSSR count). The number of imidazole rings is 1. The molecule has 130 valence electrons. The first-order valence-electron chi connectivity index (χ1n) is 8.85. The number of amides is 1. The molecule has 2 aromatic heterocycles. The van der Waals surface area contributed by atoms with Gasteiger partial charge < -0.3 is 10.3 Å². The van der Waals surface area contributed by atoms with Crippen molar-refractivity contribution in [3.63, 3.8) is 0 Å². The third-order valence-corrected chi connectivity index (χ3v) is 5.35. The van der Waals surface area contributed by atoms with Gasteiger partial charge in [0.25, 0.3) is 5.91 Å². The number of nitrogens with zero attached hydrogens (tertiary/aromatic N) is 5. The highest BCUT2D eigenvalue weighted by Gasteiger charge is 2.47. The van der Waals surface area contributed by atoms with E-state index >= 15 is 0 Å². The minimum atomic E-state index is -0.532. The van der Waals surface area contributed by atoms with Crippen LogP contribution in [0.25, 0.3) is 0 Å². The lowest BCUT2D eigenvalue weighted by atomic mass is 9.82. The number of rotatable bonds is 5. The van der Waals surface area contributed by atoms with Crippen LogP contribution < -0.4 is 5.32 Å². The van der Waals surface area contributed by atoms with Crippen LogP contribution in [-0.2, 0) is 5.54 Å². The largest absolute Gasteiger partial charge is 0.342 e. The second-order valence-electron chi connectivity index (χ2n) is 7.05. The molecule has 2 aromatic rings. The molecule has 0 aromatic carbocycles. The van der Waals surface area contributed by atoms with Crippen molar-refractivity contribution in [3.8, 4) is 6.07 Å². The first-order valence-corrected chi connectivity index (χ1v) is 8.85. The zero-order chi connectivity index (χ0) is 17.3. The van der Waals surface area contributed by atoms with Gasteiger partial charge in [-0.25, -0.2) is 9.67 Å². The maximum absolute atomic E-state index is 12.5. The predicted octanol–water partition coefficient (Wildman–Crippen LogP) is 2.07. The molecule has 0 bridgehead atoms. The van der Waals surface area contributed by atoms with Crippen molar-refractivity contribution < 1.29 is 4.79 Å². The minimum Gasteiger partial charge on any atom is -0.342 e. The lowest BCUT2D eigenvalue weighted by Crippen LogP contribution is -2.35. The summed E-state index contributed by atoms with van der Waals surface area (Å²) in [5, 5.41) is 20.9. The van der Waals surface area contributed by atoms with E-state index in [-0.39, 0.29) is 11.9 Å². The van der Waals surface area contributed by atoms with Crippen molar-refractivity contribution in [2.45, 2.75) is 56.5 Å². The van der Waals surface area contributed by atoms with Gasteiger partial charge in [-0.15, -0.1) is 5.10 Å². The number of carbonyl (C=O) groups excluding carboxylic acids is 1. The Bertz CT molecular complexity index is 778. The molecular weight excluding hydrogens is 318 g/mol. The summed E-state index contributed by atoms with van der Waals surface area (Å²) in [6.07, 6.45) is 12.1. The Morgan fingerprint density at radius 3 is 2.84 bits per heavy atom. The van der Waals surface area contributed by atoms with E-state index in [9.17, 15) is 10.1 Å². The van der Waals surface area contributed by atoms with Gasteiger partial charge in [-0.1, -0.05) is 24.5 Å². The van der Waals surface area contributed by atoms with Gasteiger partial charge >= 0.3 is 0 Å². The van der Waals surface area contributed by atoms with Crippen LogP contribution in [0.4, 0.5) is 0 Å². The van der Waals surface area contributed by atoms with Crippen molar-refractivity contribution in [1.29, 1.82) is 5.26 Å². The minimum absolute atomic E-state index is 0.191. The van der Waals surface area contributed by atoms with Crippen LogP contribution in [0.15, 0.2) is 18.7 Å². The molecule has 25 heavy (non-hydrogen) atoms. The Kier molecular flexibility index (Phi) is 3.99. The molecule has 0 spiro atoms. The molecule has 0 aliphatic heterocycles. The number of carbonyl (C=O) groups is 1. The van der Waals surface area contributed by atoms with Crippen LogP contribution >= 0.6 is 0 Å². The Morgan fingerprint density at radius 2 is 2.20 bits per heavy atom. The zero-order valence-corrected chi connectivity index (χ0v) is 14.0. The Balaban J connectivity index is 1.59. The monoisotopic (exact) mass is 339 g/mol. The number of hydrogen-bond donors (Lipinski definition) is 2. The summed E-state index contributed by atoms with van der Waals surface area (Å²) >= 11 is 0. The summed E-state index contributed by atoms with van der Waals surface area (Å²) in [6.45, 7) is 0. The van der Waals surface area contributed by atoms with Crippen LogP contribution in [0.1, 0.15) is 67.2 Å². The van der Waals surface area contributed by atoms with Crippen LogP contribution in [-0.4, -0.2) is 30.9 Å². The van der Waals surface area contributed by atoms with Gasteiger partial charge in [0.15, 0.2) is 5.54 Å². The molecule has 1 amide bonds. The fourth-order valence-corrected chi connectivity index (χ4v) is 3.64. The van der Waals surface area contributed by atoms with Crippen molar-refractivity contribution in [2.24, 2.45) is 5.92 Å². The fourth-order valence-electron chi connectivity index (χ4n) is 3.64. The third-order valence-electron chi connectivity index (χ3n) is 5.35. The molecule has 0 radical (unpaired) electrons. The van der Waals surface area contributed by atoms with Gasteiger partial charge in [-0.05, 0) is 31.6 Å². The fraction of sp³-hybridized carbons (Fsp3) is 0.588. The van der Waals surface area contributed by atoms with E-state index in [1.165, 1.54) is 18.9 Å². The lowest BCUT2D eigenvalue weighted by molar-refractivity contribution is 0.0906. The normalized spacial score (nSPS) is 20.6. The number of hydrogen-bond acceptors (Lipinski definition) is 5. The molecule has 8 heteroatoms. The number of aromatic amines is 1. The molecule has 2 fully saturated rings. The first-order chi connectivity index (χ1) is 12.2. The maximum atomic E-state index is 12.5. The van der Waals surface area contributed by atoms with Gasteiger partial charge in [-0.2, -0.15) is 5.26 Å². The summed E-state index contributed by atoms with van der Waals surface area (Å²) in [6, 6.07) is 2.13. The molecule has 0 unspecified atom stereocenters. The number of aromatic nitrogens is 5. The summed E-state index contributed by atoms with van der Waals surface area (Å²) in [7, 11) is 0. The average molecular weight is 339 g/mol. The van der Waals surface area contributed by atoms with E-state index in [1.54, 1.807) is 4.68 Å². The highest BCUT2D eigenvalue weighted by Crippen LogP contribution is 2.42. The Labute approximate surface area is 145 Å². The van der Waals surface area contributed by atoms with Crippen LogP contribution in [0.3, 0.4) is 0 Å². The van der Waals surface area contributed by atoms with E-state index in [0.717, 1.165) is 44.2 Å². The van der Waals surface area contributed by atoms with Gasteiger partial charge in [0.05, 0.1) is 30.8 Å². The van der Waals surface area contributed by atoms with Gasteiger partial charge in [0, 0.05) is 0 Å². The standard InChI is InChI=1S/C17H21N7O/c18-10-17(6-7-17)24-9-14(22-23-24)15(12-4-2-1-3-5-12)21-16(25)13-8-19-11-20-13/h8-9,11-12,15H,1-7H2,(H,19,20)(H,21,25)/t15-/m1/s1. The topological polar surface area (TPSA) is 112 Å². The molecule has 2 heterocycles. The number of nitrogens with one attached hydrogen (secondary N) is 2. The Morgan fingerprint density at radius 1 is 1.40 bits per heavy atom. The van der Waals surface area contributed by atoms with Crippen LogP contribution in [0.5, 0.6) is 0 Å². The number of H-pyrrole nitrogens is 1. The summed E-state index contributed by atoms with van der Waals surface area (Å²) in [5.41, 5.74) is 0.639. The number of nitriles is 1. The van der Waals surface area contributed by atoms with Gasteiger partial charge in [0.1, 0.15) is 11.4 Å². The molecule has 8 nitrogen and oxygen atoms in total. The van der Waals surface area contributed by atoms with E-state index in [1.807, 2.05) is 6.20 Å². The van der Waals surface area contributed by atoms with Crippen molar-refractivity contribution in [1.82, 2.24) is 30.3 Å². The lowest BCUT2D eigenvalue weighted by Gasteiger charge is -2.29. The van der Waals surface area contributed by atoms with Crippen molar-refractivity contribution >= 4 is 5.91 Å². The van der Waals surface area contributed by atoms with Crippen LogP contribution in [0.2, 0.25) is 0 Å². The molecular formula is C17H21N7O.